The van der Waals surface area contributed by atoms with E-state index in [0.717, 1.165) is 5.75 Å². The zero-order valence-electron chi connectivity index (χ0n) is 12.5. The van der Waals surface area contributed by atoms with E-state index in [0.29, 0.717) is 12.3 Å². The Kier molecular flexibility index (Phi) is 4.98. The lowest BCUT2D eigenvalue weighted by molar-refractivity contribution is -0.129. The summed E-state index contributed by atoms with van der Waals surface area (Å²) >= 11 is 0. The highest BCUT2D eigenvalue weighted by Crippen LogP contribution is 2.18. The van der Waals surface area contributed by atoms with Gasteiger partial charge in [0.15, 0.2) is 0 Å². The number of amides is 4. The van der Waals surface area contributed by atoms with Gasteiger partial charge in [-0.2, -0.15) is 0 Å². The average molecular weight is 305 g/mol. The summed E-state index contributed by atoms with van der Waals surface area (Å²) in [5.74, 6) is -0.575. The third kappa shape index (κ3) is 3.97. The molecule has 118 valence electrons. The highest BCUT2D eigenvalue weighted by molar-refractivity contribution is 6.01. The molecule has 4 amide bonds. The quantitative estimate of drug-likeness (QED) is 0.763. The van der Waals surface area contributed by atoms with Crippen molar-refractivity contribution in [2.45, 2.75) is 26.3 Å². The SMILES string of the molecule is CCOc1ccc(NC(=O)CC2C(=O)NC(=O)NC2C)cc1. The summed E-state index contributed by atoms with van der Waals surface area (Å²) in [6.45, 7) is 4.17. The second-order valence-electron chi connectivity index (χ2n) is 5.07. The average Bonchev–Trinajstić information content (AvgIpc) is 2.45. The summed E-state index contributed by atoms with van der Waals surface area (Å²) < 4.78 is 5.32. The van der Waals surface area contributed by atoms with Crippen LogP contribution < -0.4 is 20.7 Å². The molecule has 2 unspecified atom stereocenters. The fraction of sp³-hybridized carbons (Fsp3) is 0.400. The summed E-state index contributed by atoms with van der Waals surface area (Å²) in [6.07, 6.45) is 0.000488. The molecule has 3 N–H and O–H groups in total. The Morgan fingerprint density at radius 2 is 1.95 bits per heavy atom. The van der Waals surface area contributed by atoms with E-state index >= 15 is 0 Å². The molecule has 1 fully saturated rings. The molecule has 1 aliphatic heterocycles. The van der Waals surface area contributed by atoms with E-state index in [9.17, 15) is 14.4 Å². The van der Waals surface area contributed by atoms with Crippen molar-refractivity contribution in [2.75, 3.05) is 11.9 Å². The predicted molar refractivity (Wildman–Crippen MR) is 80.5 cm³/mol. The molecular weight excluding hydrogens is 286 g/mol. The van der Waals surface area contributed by atoms with Crippen LogP contribution in [0.1, 0.15) is 20.3 Å². The highest BCUT2D eigenvalue weighted by Gasteiger charge is 2.33. The zero-order chi connectivity index (χ0) is 16.1. The van der Waals surface area contributed by atoms with Gasteiger partial charge in [0.2, 0.25) is 11.8 Å². The van der Waals surface area contributed by atoms with Crippen molar-refractivity contribution in [1.82, 2.24) is 10.6 Å². The first-order chi connectivity index (χ1) is 10.5. The largest absolute Gasteiger partial charge is 0.494 e. The molecule has 2 rings (SSSR count). The Hall–Kier alpha value is -2.57. The van der Waals surface area contributed by atoms with Crippen molar-refractivity contribution >= 4 is 23.5 Å². The van der Waals surface area contributed by atoms with Gasteiger partial charge in [0.05, 0.1) is 12.5 Å². The fourth-order valence-electron chi connectivity index (χ4n) is 2.26. The fourth-order valence-corrected chi connectivity index (χ4v) is 2.26. The normalized spacial score (nSPS) is 20.8. The van der Waals surface area contributed by atoms with E-state index in [1.807, 2.05) is 6.92 Å². The van der Waals surface area contributed by atoms with E-state index in [1.165, 1.54) is 0 Å². The van der Waals surface area contributed by atoms with E-state index < -0.39 is 17.9 Å². The summed E-state index contributed by atoms with van der Waals surface area (Å²) in [5.41, 5.74) is 0.626. The third-order valence-corrected chi connectivity index (χ3v) is 3.39. The van der Waals surface area contributed by atoms with Crippen molar-refractivity contribution in [2.24, 2.45) is 5.92 Å². The van der Waals surface area contributed by atoms with Crippen molar-refractivity contribution in [3.05, 3.63) is 24.3 Å². The number of hydrogen-bond donors (Lipinski definition) is 3. The van der Waals surface area contributed by atoms with Crippen LogP contribution in [0.4, 0.5) is 10.5 Å². The van der Waals surface area contributed by atoms with Gasteiger partial charge in [0.1, 0.15) is 5.75 Å². The van der Waals surface area contributed by atoms with E-state index in [2.05, 4.69) is 16.0 Å². The molecule has 7 nitrogen and oxygen atoms in total. The summed E-state index contributed by atoms with van der Waals surface area (Å²) in [5, 5.41) is 7.47. The molecule has 0 radical (unpaired) electrons. The Morgan fingerprint density at radius 1 is 1.27 bits per heavy atom. The lowest BCUT2D eigenvalue weighted by Gasteiger charge is -2.28. The number of anilines is 1. The molecule has 2 atom stereocenters. The Bertz CT molecular complexity index is 571. The van der Waals surface area contributed by atoms with Crippen molar-refractivity contribution in [1.29, 1.82) is 0 Å². The molecule has 0 saturated carbocycles. The van der Waals surface area contributed by atoms with Crippen LogP contribution >= 0.6 is 0 Å². The highest BCUT2D eigenvalue weighted by atomic mass is 16.5. The molecule has 0 spiro atoms. The lowest BCUT2D eigenvalue weighted by atomic mass is 9.94. The number of nitrogens with one attached hydrogen (secondary N) is 3. The number of rotatable bonds is 5. The van der Waals surface area contributed by atoms with Gasteiger partial charge in [-0.15, -0.1) is 0 Å². The molecule has 1 aromatic rings. The van der Waals surface area contributed by atoms with Crippen LogP contribution in [0.5, 0.6) is 5.75 Å². The maximum atomic E-state index is 12.0. The molecule has 7 heteroatoms. The first-order valence-corrected chi connectivity index (χ1v) is 7.13. The van der Waals surface area contributed by atoms with Crippen LogP contribution in [0.3, 0.4) is 0 Å². The standard InChI is InChI=1S/C15H19N3O4/c1-3-22-11-6-4-10(5-7-11)17-13(19)8-12-9(2)16-15(21)18-14(12)20/h4-7,9,12H,3,8H2,1-2H3,(H,17,19)(H2,16,18,20,21). The van der Waals surface area contributed by atoms with E-state index in [1.54, 1.807) is 31.2 Å². The Balaban J connectivity index is 1.92. The number of benzene rings is 1. The Labute approximate surface area is 128 Å². The second kappa shape index (κ2) is 6.93. The van der Waals surface area contributed by atoms with Gasteiger partial charge in [-0.25, -0.2) is 4.79 Å². The van der Waals surface area contributed by atoms with Gasteiger partial charge in [-0.05, 0) is 38.1 Å². The van der Waals surface area contributed by atoms with Gasteiger partial charge in [-0.1, -0.05) is 0 Å². The first-order valence-electron chi connectivity index (χ1n) is 7.13. The minimum absolute atomic E-state index is 0.000488. The number of carbonyl (C=O) groups is 3. The van der Waals surface area contributed by atoms with Crippen LogP contribution in [0.25, 0.3) is 0 Å². The van der Waals surface area contributed by atoms with Crippen LogP contribution in [0.15, 0.2) is 24.3 Å². The van der Waals surface area contributed by atoms with Crippen LogP contribution in [-0.4, -0.2) is 30.5 Å². The van der Waals surface area contributed by atoms with E-state index in [4.69, 9.17) is 4.74 Å². The summed E-state index contributed by atoms with van der Waals surface area (Å²) in [7, 11) is 0. The Morgan fingerprint density at radius 3 is 2.55 bits per heavy atom. The van der Waals surface area contributed by atoms with Gasteiger partial charge in [0, 0.05) is 18.2 Å². The maximum absolute atomic E-state index is 12.0. The van der Waals surface area contributed by atoms with Crippen molar-refractivity contribution < 1.29 is 19.1 Å². The third-order valence-electron chi connectivity index (χ3n) is 3.39. The molecule has 1 saturated heterocycles. The minimum atomic E-state index is -0.583. The maximum Gasteiger partial charge on any atom is 0.321 e. The topological polar surface area (TPSA) is 96.5 Å². The molecule has 22 heavy (non-hydrogen) atoms. The number of ether oxygens (including phenoxy) is 1. The molecule has 1 heterocycles. The number of urea groups is 1. The predicted octanol–water partition coefficient (Wildman–Crippen LogP) is 1.26. The van der Waals surface area contributed by atoms with E-state index in [-0.39, 0.29) is 18.4 Å². The molecular formula is C15H19N3O4. The van der Waals surface area contributed by atoms with Crippen LogP contribution in [-0.2, 0) is 9.59 Å². The number of carbonyl (C=O) groups excluding carboxylic acids is 3. The number of imide groups is 1. The zero-order valence-corrected chi connectivity index (χ0v) is 12.5. The summed E-state index contributed by atoms with van der Waals surface area (Å²) in [6, 6.07) is 6.07. The minimum Gasteiger partial charge on any atom is -0.494 e. The number of hydrogen-bond acceptors (Lipinski definition) is 4. The monoisotopic (exact) mass is 305 g/mol. The first kappa shape index (κ1) is 15.8. The van der Waals surface area contributed by atoms with Gasteiger partial charge in [0.25, 0.3) is 0 Å². The van der Waals surface area contributed by atoms with Crippen LogP contribution in [0, 0.1) is 5.92 Å². The van der Waals surface area contributed by atoms with Crippen LogP contribution in [0.2, 0.25) is 0 Å². The lowest BCUT2D eigenvalue weighted by Crippen LogP contribution is -2.57. The van der Waals surface area contributed by atoms with Gasteiger partial charge >= 0.3 is 6.03 Å². The molecule has 0 bridgehead atoms. The molecule has 0 aromatic heterocycles. The van der Waals surface area contributed by atoms with Crippen molar-refractivity contribution in [3.63, 3.8) is 0 Å². The smallest absolute Gasteiger partial charge is 0.321 e. The van der Waals surface area contributed by atoms with Gasteiger partial charge < -0.3 is 15.4 Å². The summed E-state index contributed by atoms with van der Waals surface area (Å²) in [4.78, 5) is 34.9. The van der Waals surface area contributed by atoms with Crippen molar-refractivity contribution in [3.8, 4) is 5.75 Å². The molecule has 0 aliphatic carbocycles. The molecule has 1 aromatic carbocycles. The molecule has 1 aliphatic rings. The second-order valence-corrected chi connectivity index (χ2v) is 5.07. The van der Waals surface area contributed by atoms with Gasteiger partial charge in [-0.3, -0.25) is 14.9 Å².